The molecule has 0 saturated heterocycles. The average Bonchev–Trinajstić information content (AvgIpc) is 2.81. The minimum absolute atomic E-state index is 0.125. The Kier molecular flexibility index (Phi) is 3.38. The first-order valence-electron chi connectivity index (χ1n) is 5.53. The largest absolute Gasteiger partial charge is 0.334 e. The van der Waals surface area contributed by atoms with Gasteiger partial charge in [0, 0.05) is 5.56 Å². The molecule has 0 aliphatic heterocycles. The molecule has 2 N–H and O–H groups in total. The van der Waals surface area contributed by atoms with Crippen LogP contribution in [0.4, 0.5) is 8.78 Å². The number of nitrogens with zero attached hydrogens (tertiary/aromatic N) is 2. The van der Waals surface area contributed by atoms with Crippen molar-refractivity contribution in [1.29, 1.82) is 0 Å². The van der Waals surface area contributed by atoms with Crippen molar-refractivity contribution in [2.75, 3.05) is 0 Å². The van der Waals surface area contributed by atoms with Gasteiger partial charge in [0.1, 0.15) is 0 Å². The van der Waals surface area contributed by atoms with Crippen LogP contribution in [0.2, 0.25) is 0 Å². The van der Waals surface area contributed by atoms with Crippen LogP contribution in [-0.2, 0) is 0 Å². The summed E-state index contributed by atoms with van der Waals surface area (Å²) < 4.78 is 30.8. The summed E-state index contributed by atoms with van der Waals surface area (Å²) in [5.41, 5.74) is 6.19. The zero-order chi connectivity index (χ0) is 13.3. The van der Waals surface area contributed by atoms with E-state index in [1.807, 2.05) is 13.8 Å². The van der Waals surface area contributed by atoms with E-state index >= 15 is 0 Å². The van der Waals surface area contributed by atoms with Gasteiger partial charge in [-0.15, -0.1) is 0 Å². The summed E-state index contributed by atoms with van der Waals surface area (Å²) in [7, 11) is 0. The summed E-state index contributed by atoms with van der Waals surface area (Å²) in [5, 5.41) is 3.74. The Hall–Kier alpha value is -1.82. The predicted octanol–water partition coefficient (Wildman–Crippen LogP) is 2.67. The monoisotopic (exact) mass is 253 g/mol. The summed E-state index contributed by atoms with van der Waals surface area (Å²) in [6.07, 6.45) is 0. The van der Waals surface area contributed by atoms with E-state index in [1.165, 1.54) is 6.07 Å². The fourth-order valence-electron chi connectivity index (χ4n) is 1.41. The number of aromatic nitrogens is 2. The molecule has 0 aliphatic rings. The first kappa shape index (κ1) is 12.6. The van der Waals surface area contributed by atoms with Crippen LogP contribution in [0.5, 0.6) is 0 Å². The molecule has 1 atom stereocenters. The van der Waals surface area contributed by atoms with Gasteiger partial charge in [0.2, 0.25) is 0 Å². The zero-order valence-electron chi connectivity index (χ0n) is 10.0. The number of benzene rings is 1. The van der Waals surface area contributed by atoms with Gasteiger partial charge < -0.3 is 10.3 Å². The molecule has 0 fully saturated rings. The quantitative estimate of drug-likeness (QED) is 0.913. The number of hydrogen-bond acceptors (Lipinski definition) is 4. The van der Waals surface area contributed by atoms with Gasteiger partial charge in [0.25, 0.3) is 5.89 Å². The second-order valence-electron chi connectivity index (χ2n) is 4.36. The van der Waals surface area contributed by atoms with Crippen LogP contribution in [0.15, 0.2) is 22.7 Å². The summed E-state index contributed by atoms with van der Waals surface area (Å²) in [4.78, 5) is 4.08. The zero-order valence-corrected chi connectivity index (χ0v) is 10.0. The Balaban J connectivity index is 2.32. The molecule has 0 radical (unpaired) electrons. The molecule has 1 heterocycles. The van der Waals surface area contributed by atoms with Crippen LogP contribution >= 0.6 is 0 Å². The molecule has 0 spiro atoms. The highest BCUT2D eigenvalue weighted by Gasteiger charge is 2.18. The van der Waals surface area contributed by atoms with E-state index in [9.17, 15) is 8.78 Å². The van der Waals surface area contributed by atoms with Crippen molar-refractivity contribution in [2.24, 2.45) is 11.7 Å². The molecule has 0 saturated carbocycles. The molecule has 18 heavy (non-hydrogen) atoms. The van der Waals surface area contributed by atoms with Crippen molar-refractivity contribution < 1.29 is 13.3 Å². The van der Waals surface area contributed by atoms with Crippen molar-refractivity contribution >= 4 is 0 Å². The molecule has 4 nitrogen and oxygen atoms in total. The first-order valence-corrected chi connectivity index (χ1v) is 5.53. The number of nitrogens with two attached hydrogens (primary N) is 1. The molecule has 0 amide bonds. The number of hydrogen-bond donors (Lipinski definition) is 1. The molecule has 96 valence electrons. The molecule has 6 heteroatoms. The third-order valence-corrected chi connectivity index (χ3v) is 2.62. The molecular weight excluding hydrogens is 240 g/mol. The van der Waals surface area contributed by atoms with Crippen LogP contribution in [0.25, 0.3) is 11.5 Å². The average molecular weight is 253 g/mol. The van der Waals surface area contributed by atoms with Crippen molar-refractivity contribution in [1.82, 2.24) is 10.1 Å². The summed E-state index contributed by atoms with van der Waals surface area (Å²) in [5.74, 6) is -1.25. The van der Waals surface area contributed by atoms with E-state index in [0.29, 0.717) is 11.4 Å². The Morgan fingerprint density at radius 2 is 1.94 bits per heavy atom. The number of rotatable bonds is 3. The maximum atomic E-state index is 13.1. The lowest BCUT2D eigenvalue weighted by Crippen LogP contribution is -2.18. The first-order chi connectivity index (χ1) is 8.49. The maximum Gasteiger partial charge on any atom is 0.258 e. The third-order valence-electron chi connectivity index (χ3n) is 2.62. The predicted molar refractivity (Wildman–Crippen MR) is 61.4 cm³/mol. The van der Waals surface area contributed by atoms with Crippen LogP contribution in [-0.4, -0.2) is 10.1 Å². The van der Waals surface area contributed by atoms with Gasteiger partial charge >= 0.3 is 0 Å². The fourth-order valence-corrected chi connectivity index (χ4v) is 1.41. The third kappa shape index (κ3) is 2.38. The van der Waals surface area contributed by atoms with Gasteiger partial charge in [-0.25, -0.2) is 8.78 Å². The smallest absolute Gasteiger partial charge is 0.258 e. The minimum Gasteiger partial charge on any atom is -0.334 e. The van der Waals surface area contributed by atoms with Gasteiger partial charge in [0.05, 0.1) is 6.04 Å². The van der Waals surface area contributed by atoms with Gasteiger partial charge in [-0.2, -0.15) is 4.98 Å². The van der Waals surface area contributed by atoms with Crippen molar-refractivity contribution in [3.63, 3.8) is 0 Å². The Labute approximate surface area is 103 Å². The lowest BCUT2D eigenvalue weighted by molar-refractivity contribution is 0.399. The molecule has 0 bridgehead atoms. The van der Waals surface area contributed by atoms with Crippen molar-refractivity contribution in [3.05, 3.63) is 35.7 Å². The van der Waals surface area contributed by atoms with Crippen LogP contribution in [0, 0.1) is 17.6 Å². The standard InChI is InChI=1S/C12H13F2N3O/c1-6(2)10(15)11-16-12(18-17-11)7-3-4-8(13)9(14)5-7/h3-6,10H,15H2,1-2H3. The Morgan fingerprint density at radius 1 is 1.22 bits per heavy atom. The second-order valence-corrected chi connectivity index (χ2v) is 4.36. The molecule has 1 aromatic heterocycles. The topological polar surface area (TPSA) is 64.9 Å². The van der Waals surface area contributed by atoms with Crippen LogP contribution < -0.4 is 5.73 Å². The molecule has 2 rings (SSSR count). The van der Waals surface area contributed by atoms with Crippen LogP contribution in [0.1, 0.15) is 25.7 Å². The summed E-state index contributed by atoms with van der Waals surface area (Å²) in [6, 6.07) is 3.04. The number of halogens is 2. The Morgan fingerprint density at radius 3 is 2.56 bits per heavy atom. The normalized spacial score (nSPS) is 13.0. The van der Waals surface area contributed by atoms with E-state index in [1.54, 1.807) is 0 Å². The Bertz CT molecular complexity index is 554. The van der Waals surface area contributed by atoms with Crippen LogP contribution in [0.3, 0.4) is 0 Å². The molecule has 1 aromatic carbocycles. The minimum atomic E-state index is -0.958. The van der Waals surface area contributed by atoms with Gasteiger partial charge in [-0.1, -0.05) is 19.0 Å². The molecule has 2 aromatic rings. The van der Waals surface area contributed by atoms with Gasteiger partial charge in [-0.3, -0.25) is 0 Å². The van der Waals surface area contributed by atoms with E-state index in [2.05, 4.69) is 10.1 Å². The summed E-state index contributed by atoms with van der Waals surface area (Å²) in [6.45, 7) is 3.86. The highest BCUT2D eigenvalue weighted by Crippen LogP contribution is 2.22. The lowest BCUT2D eigenvalue weighted by atomic mass is 10.1. The molecular formula is C12H13F2N3O. The van der Waals surface area contributed by atoms with E-state index in [0.717, 1.165) is 12.1 Å². The SMILES string of the molecule is CC(C)C(N)c1noc(-c2ccc(F)c(F)c2)n1. The van der Waals surface area contributed by atoms with Crippen molar-refractivity contribution in [3.8, 4) is 11.5 Å². The van der Waals surface area contributed by atoms with Gasteiger partial charge in [-0.05, 0) is 24.1 Å². The fraction of sp³-hybridized carbons (Fsp3) is 0.333. The van der Waals surface area contributed by atoms with Gasteiger partial charge in [0.15, 0.2) is 17.5 Å². The van der Waals surface area contributed by atoms with E-state index < -0.39 is 11.6 Å². The maximum absolute atomic E-state index is 13.1. The second kappa shape index (κ2) is 4.81. The highest BCUT2D eigenvalue weighted by atomic mass is 19.2. The highest BCUT2D eigenvalue weighted by molar-refractivity contribution is 5.52. The molecule has 0 aliphatic carbocycles. The van der Waals surface area contributed by atoms with E-state index in [4.69, 9.17) is 10.3 Å². The molecule has 1 unspecified atom stereocenters. The van der Waals surface area contributed by atoms with E-state index in [-0.39, 0.29) is 17.9 Å². The summed E-state index contributed by atoms with van der Waals surface area (Å²) >= 11 is 0. The van der Waals surface area contributed by atoms with Crippen molar-refractivity contribution in [2.45, 2.75) is 19.9 Å². The lowest BCUT2D eigenvalue weighted by Gasteiger charge is -2.09.